The Balaban J connectivity index is 2.07. The third kappa shape index (κ3) is 5.72. The summed E-state index contributed by atoms with van der Waals surface area (Å²) in [4.78, 5) is 24.6. The minimum atomic E-state index is -0.740. The van der Waals surface area contributed by atoms with Gasteiger partial charge in [0, 0.05) is 0 Å². The second kappa shape index (κ2) is 8.17. The molecule has 2 atom stereocenters. The van der Waals surface area contributed by atoms with Crippen LogP contribution < -0.4 is 10.6 Å². The summed E-state index contributed by atoms with van der Waals surface area (Å²) in [6.45, 7) is 7.81. The van der Waals surface area contributed by atoms with Crippen molar-refractivity contribution < 1.29 is 18.4 Å². The van der Waals surface area contributed by atoms with Crippen LogP contribution in [0.1, 0.15) is 56.3 Å². The molecule has 1 aromatic carbocycles. The largest absolute Gasteiger partial charge is 0.459 e. The summed E-state index contributed by atoms with van der Waals surface area (Å²) in [5.41, 5.74) is 0.770. The average molecular weight is 360 g/mol. The van der Waals surface area contributed by atoms with Crippen LogP contribution in [0.4, 0.5) is 4.39 Å². The average Bonchev–Trinajstić information content (AvgIpc) is 3.08. The molecule has 2 aromatic rings. The zero-order valence-electron chi connectivity index (χ0n) is 15.5. The van der Waals surface area contributed by atoms with Gasteiger partial charge in [-0.25, -0.2) is 4.39 Å². The van der Waals surface area contributed by atoms with Gasteiger partial charge in [-0.15, -0.1) is 0 Å². The number of halogens is 1. The van der Waals surface area contributed by atoms with Crippen molar-refractivity contribution in [3.63, 3.8) is 0 Å². The van der Waals surface area contributed by atoms with E-state index in [9.17, 15) is 14.0 Å². The number of benzene rings is 1. The Morgan fingerprint density at radius 1 is 1.12 bits per heavy atom. The van der Waals surface area contributed by atoms with E-state index in [1.807, 2.05) is 0 Å². The van der Waals surface area contributed by atoms with Crippen LogP contribution in [0.5, 0.6) is 0 Å². The van der Waals surface area contributed by atoms with Crippen molar-refractivity contribution in [1.82, 2.24) is 10.6 Å². The number of hydrogen-bond donors (Lipinski definition) is 2. The highest BCUT2D eigenvalue weighted by Crippen LogP contribution is 2.29. The maximum atomic E-state index is 13.2. The van der Waals surface area contributed by atoms with Crippen molar-refractivity contribution in [1.29, 1.82) is 0 Å². The van der Waals surface area contributed by atoms with Gasteiger partial charge in [0.1, 0.15) is 11.9 Å². The fourth-order valence-corrected chi connectivity index (χ4v) is 2.60. The summed E-state index contributed by atoms with van der Waals surface area (Å²) in [6.07, 6.45) is 2.07. The van der Waals surface area contributed by atoms with Crippen LogP contribution in [-0.2, 0) is 4.79 Å². The minimum absolute atomic E-state index is 0.0486. The Morgan fingerprint density at radius 2 is 1.77 bits per heavy atom. The normalized spacial score (nSPS) is 13.7. The number of amides is 2. The molecule has 0 saturated heterocycles. The molecule has 26 heavy (non-hydrogen) atoms. The van der Waals surface area contributed by atoms with Crippen LogP contribution in [0, 0.1) is 11.2 Å². The van der Waals surface area contributed by atoms with E-state index in [0.717, 1.165) is 5.56 Å². The summed E-state index contributed by atoms with van der Waals surface area (Å²) in [5.74, 6) is -0.946. The number of hydrogen-bond acceptors (Lipinski definition) is 3. The third-order valence-electron chi connectivity index (χ3n) is 3.89. The molecule has 0 unspecified atom stereocenters. The topological polar surface area (TPSA) is 71.3 Å². The molecule has 0 spiro atoms. The van der Waals surface area contributed by atoms with Gasteiger partial charge in [0.05, 0.1) is 12.3 Å². The molecule has 0 fully saturated rings. The zero-order chi connectivity index (χ0) is 19.3. The van der Waals surface area contributed by atoms with Crippen LogP contribution in [0.15, 0.2) is 47.1 Å². The van der Waals surface area contributed by atoms with Crippen molar-refractivity contribution in [3.05, 3.63) is 59.8 Å². The van der Waals surface area contributed by atoms with Crippen molar-refractivity contribution in [2.45, 2.75) is 46.2 Å². The fourth-order valence-electron chi connectivity index (χ4n) is 2.60. The molecule has 5 nitrogen and oxygen atoms in total. The van der Waals surface area contributed by atoms with Crippen LogP contribution in [0.25, 0.3) is 0 Å². The molecule has 0 saturated carbocycles. The second-order valence-electron chi connectivity index (χ2n) is 7.55. The number of nitrogens with one attached hydrogen (secondary N) is 2. The van der Waals surface area contributed by atoms with Gasteiger partial charge < -0.3 is 15.1 Å². The molecule has 1 heterocycles. The van der Waals surface area contributed by atoms with E-state index >= 15 is 0 Å². The number of furan rings is 1. The Hall–Kier alpha value is -2.63. The quantitative estimate of drug-likeness (QED) is 0.822. The maximum absolute atomic E-state index is 13.2. The third-order valence-corrected chi connectivity index (χ3v) is 3.89. The molecule has 2 amide bonds. The van der Waals surface area contributed by atoms with Gasteiger partial charge in [-0.2, -0.15) is 0 Å². The SMILES string of the molecule is C[C@H](NC(=O)c1ccco1)C(=O)N[C@H](CC(C)(C)C)c1ccc(F)cc1. The van der Waals surface area contributed by atoms with E-state index < -0.39 is 11.9 Å². The summed E-state index contributed by atoms with van der Waals surface area (Å²) in [7, 11) is 0. The molecule has 140 valence electrons. The van der Waals surface area contributed by atoms with Gasteiger partial charge in [-0.3, -0.25) is 9.59 Å². The Kier molecular flexibility index (Phi) is 6.18. The molecule has 2 N–H and O–H groups in total. The smallest absolute Gasteiger partial charge is 0.287 e. The lowest BCUT2D eigenvalue weighted by molar-refractivity contribution is -0.123. The van der Waals surface area contributed by atoms with E-state index in [4.69, 9.17) is 4.42 Å². The Bertz CT molecular complexity index is 733. The number of rotatable bonds is 6. The predicted molar refractivity (Wildman–Crippen MR) is 97.0 cm³/mol. The van der Waals surface area contributed by atoms with Gasteiger partial charge in [0.25, 0.3) is 5.91 Å². The first-order chi connectivity index (χ1) is 12.2. The molecule has 0 radical (unpaired) electrons. The lowest BCUT2D eigenvalue weighted by Gasteiger charge is -2.28. The van der Waals surface area contributed by atoms with Crippen molar-refractivity contribution in [2.24, 2.45) is 5.41 Å². The maximum Gasteiger partial charge on any atom is 0.287 e. The summed E-state index contributed by atoms with van der Waals surface area (Å²) in [5, 5.41) is 5.56. The van der Waals surface area contributed by atoms with Gasteiger partial charge in [-0.1, -0.05) is 32.9 Å². The molecule has 0 aliphatic carbocycles. The highest BCUT2D eigenvalue weighted by molar-refractivity contribution is 5.95. The van der Waals surface area contributed by atoms with Crippen LogP contribution >= 0.6 is 0 Å². The highest BCUT2D eigenvalue weighted by Gasteiger charge is 2.25. The van der Waals surface area contributed by atoms with Crippen molar-refractivity contribution >= 4 is 11.8 Å². The number of carbonyl (C=O) groups is 2. The van der Waals surface area contributed by atoms with Crippen LogP contribution in [0.2, 0.25) is 0 Å². The van der Waals surface area contributed by atoms with E-state index in [2.05, 4.69) is 31.4 Å². The Labute approximate surface area is 153 Å². The van der Waals surface area contributed by atoms with E-state index in [-0.39, 0.29) is 28.9 Å². The Morgan fingerprint density at radius 3 is 2.31 bits per heavy atom. The first-order valence-electron chi connectivity index (χ1n) is 8.56. The summed E-state index contributed by atoms with van der Waals surface area (Å²) >= 11 is 0. The van der Waals surface area contributed by atoms with Gasteiger partial charge in [-0.05, 0) is 48.6 Å². The number of carbonyl (C=O) groups excluding carboxylic acids is 2. The van der Waals surface area contributed by atoms with E-state index in [0.29, 0.717) is 6.42 Å². The standard InChI is InChI=1S/C20H25FN2O3/c1-13(22-19(25)17-6-5-11-26-17)18(24)23-16(12-20(2,3)4)14-7-9-15(21)10-8-14/h5-11,13,16H,12H2,1-4H3,(H,22,25)(H,23,24)/t13-,16+/m0/s1. The monoisotopic (exact) mass is 360 g/mol. The highest BCUT2D eigenvalue weighted by atomic mass is 19.1. The second-order valence-corrected chi connectivity index (χ2v) is 7.55. The summed E-state index contributed by atoms with van der Waals surface area (Å²) < 4.78 is 18.2. The minimum Gasteiger partial charge on any atom is -0.459 e. The molecular formula is C20H25FN2O3. The molecule has 2 rings (SSSR count). The lowest BCUT2D eigenvalue weighted by atomic mass is 9.85. The van der Waals surface area contributed by atoms with Crippen LogP contribution in [0.3, 0.4) is 0 Å². The lowest BCUT2D eigenvalue weighted by Crippen LogP contribution is -2.46. The molecule has 0 aliphatic rings. The summed E-state index contributed by atoms with van der Waals surface area (Å²) in [6, 6.07) is 8.19. The zero-order valence-corrected chi connectivity index (χ0v) is 15.5. The molecule has 1 aromatic heterocycles. The van der Waals surface area contributed by atoms with Crippen LogP contribution in [-0.4, -0.2) is 17.9 Å². The van der Waals surface area contributed by atoms with Gasteiger partial charge in [0.2, 0.25) is 5.91 Å². The molecule has 6 heteroatoms. The van der Waals surface area contributed by atoms with Crippen molar-refractivity contribution in [3.8, 4) is 0 Å². The van der Waals surface area contributed by atoms with Gasteiger partial charge >= 0.3 is 0 Å². The van der Waals surface area contributed by atoms with Crippen molar-refractivity contribution in [2.75, 3.05) is 0 Å². The molecular weight excluding hydrogens is 335 g/mol. The van der Waals surface area contributed by atoms with E-state index in [1.54, 1.807) is 25.1 Å². The fraction of sp³-hybridized carbons (Fsp3) is 0.400. The molecule has 0 aliphatic heterocycles. The van der Waals surface area contributed by atoms with E-state index in [1.165, 1.54) is 24.5 Å². The first kappa shape index (κ1) is 19.7. The predicted octanol–water partition coefficient (Wildman–Crippen LogP) is 3.83. The molecule has 0 bridgehead atoms. The first-order valence-corrected chi connectivity index (χ1v) is 8.56. The van der Waals surface area contributed by atoms with Gasteiger partial charge in [0.15, 0.2) is 5.76 Å².